The monoisotopic (exact) mass is 304 g/mol. The van der Waals surface area contributed by atoms with Crippen LogP contribution in [0.5, 0.6) is 0 Å². The summed E-state index contributed by atoms with van der Waals surface area (Å²) in [5.41, 5.74) is 1.49. The Labute approximate surface area is 123 Å². The van der Waals surface area contributed by atoms with Crippen molar-refractivity contribution in [2.75, 3.05) is 5.32 Å². The smallest absolute Gasteiger partial charge is 0.339 e. The van der Waals surface area contributed by atoms with E-state index in [0.717, 1.165) is 4.96 Å². The van der Waals surface area contributed by atoms with Gasteiger partial charge in [-0.25, -0.2) is 9.78 Å². The molecule has 0 fully saturated rings. The minimum atomic E-state index is -1.08. The highest BCUT2D eigenvalue weighted by atomic mass is 32.1. The van der Waals surface area contributed by atoms with E-state index < -0.39 is 5.97 Å². The van der Waals surface area contributed by atoms with Gasteiger partial charge in [0.2, 0.25) is 5.91 Å². The number of amides is 1. The molecule has 0 aliphatic heterocycles. The number of hydrogen-bond acceptors (Lipinski definition) is 4. The average Bonchev–Trinajstić information content (AvgIpc) is 3.04. The van der Waals surface area contributed by atoms with Gasteiger partial charge >= 0.3 is 5.97 Å². The second-order valence-corrected chi connectivity index (χ2v) is 5.43. The highest BCUT2D eigenvalue weighted by molar-refractivity contribution is 7.15. The summed E-state index contributed by atoms with van der Waals surface area (Å²) in [4.78, 5) is 31.1. The Balaban J connectivity index is 1.75. The zero-order valence-electron chi connectivity index (χ0n) is 11.1. The molecular weight excluding hydrogens is 292 g/mol. The SMILES string of the molecule is Cc1[nH]cc(NC(=O)Cc2cn3ccsc3n2)c1C(=O)O. The maximum absolute atomic E-state index is 12.0. The number of anilines is 1. The molecule has 8 heteroatoms. The molecular formula is C13H12N4O3S. The fourth-order valence-corrected chi connectivity index (χ4v) is 2.84. The maximum Gasteiger partial charge on any atom is 0.339 e. The zero-order chi connectivity index (χ0) is 15.0. The first-order chi connectivity index (χ1) is 10.0. The number of carboxylic acid groups (broad SMARTS) is 1. The van der Waals surface area contributed by atoms with E-state index in [4.69, 9.17) is 5.11 Å². The summed E-state index contributed by atoms with van der Waals surface area (Å²) in [6.07, 6.45) is 5.22. The minimum Gasteiger partial charge on any atom is -0.478 e. The Morgan fingerprint density at radius 3 is 3.05 bits per heavy atom. The van der Waals surface area contributed by atoms with Crippen LogP contribution < -0.4 is 5.32 Å². The van der Waals surface area contributed by atoms with Gasteiger partial charge in [0.05, 0.1) is 17.8 Å². The highest BCUT2D eigenvalue weighted by Crippen LogP contribution is 2.19. The van der Waals surface area contributed by atoms with E-state index in [1.807, 2.05) is 16.0 Å². The Morgan fingerprint density at radius 2 is 2.33 bits per heavy atom. The van der Waals surface area contributed by atoms with Crippen molar-refractivity contribution in [1.29, 1.82) is 0 Å². The van der Waals surface area contributed by atoms with Crippen LogP contribution in [0.25, 0.3) is 4.96 Å². The van der Waals surface area contributed by atoms with Gasteiger partial charge < -0.3 is 15.4 Å². The quantitative estimate of drug-likeness (QED) is 0.685. The van der Waals surface area contributed by atoms with Crippen molar-refractivity contribution >= 4 is 33.9 Å². The molecule has 0 radical (unpaired) electrons. The molecule has 0 bridgehead atoms. The third kappa shape index (κ3) is 2.52. The van der Waals surface area contributed by atoms with Crippen LogP contribution in [-0.2, 0) is 11.2 Å². The van der Waals surface area contributed by atoms with Crippen molar-refractivity contribution in [2.24, 2.45) is 0 Å². The summed E-state index contributed by atoms with van der Waals surface area (Å²) in [5.74, 6) is -1.38. The number of nitrogens with one attached hydrogen (secondary N) is 2. The number of aromatic amines is 1. The van der Waals surface area contributed by atoms with Crippen molar-refractivity contribution in [1.82, 2.24) is 14.4 Å². The van der Waals surface area contributed by atoms with Gasteiger partial charge in [-0.1, -0.05) is 0 Å². The van der Waals surface area contributed by atoms with Crippen LogP contribution in [-0.4, -0.2) is 31.4 Å². The summed E-state index contributed by atoms with van der Waals surface area (Å²) < 4.78 is 1.84. The van der Waals surface area contributed by atoms with Gasteiger partial charge in [0.15, 0.2) is 4.96 Å². The number of thiazole rings is 1. The van der Waals surface area contributed by atoms with Gasteiger partial charge in [-0.2, -0.15) is 0 Å². The predicted octanol–water partition coefficient (Wildman–Crippen LogP) is 1.91. The van der Waals surface area contributed by atoms with E-state index in [2.05, 4.69) is 15.3 Å². The largest absolute Gasteiger partial charge is 0.478 e. The molecule has 108 valence electrons. The Hall–Kier alpha value is -2.61. The number of H-pyrrole nitrogens is 1. The summed E-state index contributed by atoms with van der Waals surface area (Å²) in [7, 11) is 0. The Bertz CT molecular complexity index is 801. The van der Waals surface area contributed by atoms with Crippen molar-refractivity contribution < 1.29 is 14.7 Å². The number of carbonyl (C=O) groups is 2. The molecule has 0 saturated carbocycles. The lowest BCUT2D eigenvalue weighted by Crippen LogP contribution is -2.16. The third-order valence-corrected chi connectivity index (χ3v) is 3.82. The second-order valence-electron chi connectivity index (χ2n) is 4.56. The summed E-state index contributed by atoms with van der Waals surface area (Å²) in [5, 5.41) is 13.6. The lowest BCUT2D eigenvalue weighted by molar-refractivity contribution is -0.115. The van der Waals surface area contributed by atoms with Crippen LogP contribution in [0.4, 0.5) is 5.69 Å². The van der Waals surface area contributed by atoms with Gasteiger partial charge in [-0.05, 0) is 6.92 Å². The summed E-state index contributed by atoms with van der Waals surface area (Å²) in [6.45, 7) is 1.64. The third-order valence-electron chi connectivity index (χ3n) is 3.05. The molecule has 3 aromatic rings. The number of carboxylic acids is 1. The van der Waals surface area contributed by atoms with Crippen LogP contribution in [0.1, 0.15) is 21.7 Å². The molecule has 0 spiro atoms. The molecule has 0 atom stereocenters. The fraction of sp³-hybridized carbons (Fsp3) is 0.154. The number of rotatable bonds is 4. The van der Waals surface area contributed by atoms with E-state index in [1.165, 1.54) is 17.5 Å². The first kappa shape index (κ1) is 13.4. The first-order valence-electron chi connectivity index (χ1n) is 6.17. The highest BCUT2D eigenvalue weighted by Gasteiger charge is 2.17. The number of nitrogens with zero attached hydrogens (tertiary/aromatic N) is 2. The molecule has 3 aromatic heterocycles. The molecule has 7 nitrogen and oxygen atoms in total. The number of carbonyl (C=O) groups excluding carboxylic acids is 1. The molecule has 0 saturated heterocycles. The van der Waals surface area contributed by atoms with Crippen molar-refractivity contribution in [3.05, 3.63) is 40.9 Å². The van der Waals surface area contributed by atoms with E-state index in [1.54, 1.807) is 13.1 Å². The molecule has 21 heavy (non-hydrogen) atoms. The summed E-state index contributed by atoms with van der Waals surface area (Å²) in [6, 6.07) is 0. The van der Waals surface area contributed by atoms with Crippen molar-refractivity contribution in [2.45, 2.75) is 13.3 Å². The van der Waals surface area contributed by atoms with Crippen molar-refractivity contribution in [3.8, 4) is 0 Å². The zero-order valence-corrected chi connectivity index (χ0v) is 11.9. The van der Waals surface area contributed by atoms with Crippen LogP contribution in [0, 0.1) is 6.92 Å². The number of aromatic nitrogens is 3. The van der Waals surface area contributed by atoms with Gasteiger partial charge in [-0.15, -0.1) is 11.3 Å². The van der Waals surface area contributed by atoms with Crippen LogP contribution >= 0.6 is 11.3 Å². The average molecular weight is 304 g/mol. The normalized spacial score (nSPS) is 10.9. The van der Waals surface area contributed by atoms with Crippen LogP contribution in [0.3, 0.4) is 0 Å². The van der Waals surface area contributed by atoms with Crippen LogP contribution in [0.15, 0.2) is 24.0 Å². The fourth-order valence-electron chi connectivity index (χ4n) is 2.12. The standard InChI is InChI=1S/C13H12N4O3S/c1-7-11(12(19)20)9(5-14-7)16-10(18)4-8-6-17-2-3-21-13(17)15-8/h2-3,5-6,14H,4H2,1H3,(H,16,18)(H,19,20). The number of hydrogen-bond donors (Lipinski definition) is 3. The molecule has 0 aliphatic rings. The van der Waals surface area contributed by atoms with Gasteiger partial charge in [-0.3, -0.25) is 9.20 Å². The number of aryl methyl sites for hydroxylation is 1. The number of fused-ring (bicyclic) bond motifs is 1. The number of imidazole rings is 1. The predicted molar refractivity (Wildman–Crippen MR) is 77.9 cm³/mol. The molecule has 0 aliphatic carbocycles. The Morgan fingerprint density at radius 1 is 1.52 bits per heavy atom. The van der Waals surface area contributed by atoms with Gasteiger partial charge in [0.25, 0.3) is 0 Å². The van der Waals surface area contributed by atoms with E-state index in [-0.39, 0.29) is 23.6 Å². The minimum absolute atomic E-state index is 0.0779. The Kier molecular flexibility index (Phi) is 3.22. The topological polar surface area (TPSA) is 99.5 Å². The first-order valence-corrected chi connectivity index (χ1v) is 7.05. The lowest BCUT2D eigenvalue weighted by Gasteiger charge is -2.03. The van der Waals surface area contributed by atoms with Crippen molar-refractivity contribution in [3.63, 3.8) is 0 Å². The van der Waals surface area contributed by atoms with Crippen LogP contribution in [0.2, 0.25) is 0 Å². The maximum atomic E-state index is 12.0. The molecule has 3 N–H and O–H groups in total. The summed E-state index contributed by atoms with van der Waals surface area (Å²) >= 11 is 1.49. The van der Waals surface area contributed by atoms with E-state index in [0.29, 0.717) is 11.4 Å². The molecule has 3 heterocycles. The van der Waals surface area contributed by atoms with E-state index >= 15 is 0 Å². The lowest BCUT2D eigenvalue weighted by atomic mass is 10.2. The molecule has 1 amide bonds. The van der Waals surface area contributed by atoms with E-state index in [9.17, 15) is 9.59 Å². The number of aromatic carboxylic acids is 1. The second kappa shape index (κ2) is 5.06. The molecule has 0 unspecified atom stereocenters. The molecule has 3 rings (SSSR count). The molecule has 0 aromatic carbocycles. The van der Waals surface area contributed by atoms with Gasteiger partial charge in [0.1, 0.15) is 5.56 Å². The van der Waals surface area contributed by atoms with Gasteiger partial charge in [0, 0.05) is 29.7 Å².